The molecule has 0 spiro atoms. The van der Waals surface area contributed by atoms with Crippen molar-refractivity contribution in [2.45, 2.75) is 46.0 Å². The Bertz CT molecular complexity index is 864. The highest BCUT2D eigenvalue weighted by Gasteiger charge is 2.24. The fourth-order valence-electron chi connectivity index (χ4n) is 3.29. The summed E-state index contributed by atoms with van der Waals surface area (Å²) in [5, 5.41) is 8.56. The minimum absolute atomic E-state index is 0.0639. The highest BCUT2D eigenvalue weighted by Crippen LogP contribution is 2.27. The molecular formula is C20H26FN5O2. The van der Waals surface area contributed by atoms with Crippen LogP contribution in [-0.2, 0) is 4.74 Å². The molecule has 0 unspecified atom stereocenters. The summed E-state index contributed by atoms with van der Waals surface area (Å²) in [6.45, 7) is 9.06. The van der Waals surface area contributed by atoms with E-state index in [1.165, 1.54) is 18.5 Å². The van der Waals surface area contributed by atoms with Crippen LogP contribution in [-0.4, -0.2) is 47.1 Å². The van der Waals surface area contributed by atoms with E-state index in [9.17, 15) is 4.39 Å². The number of benzene rings is 1. The van der Waals surface area contributed by atoms with Gasteiger partial charge in [-0.15, -0.1) is 0 Å². The Hall–Kier alpha value is -2.74. The number of hydrogen-bond acceptors (Lipinski definition) is 7. The molecule has 150 valence electrons. The van der Waals surface area contributed by atoms with E-state index in [0.29, 0.717) is 24.3 Å². The van der Waals surface area contributed by atoms with Crippen molar-refractivity contribution in [3.63, 3.8) is 0 Å². The smallest absolute Gasteiger partial charge is 0.167 e. The summed E-state index contributed by atoms with van der Waals surface area (Å²) in [6.07, 6.45) is 1.40. The van der Waals surface area contributed by atoms with E-state index in [2.05, 4.69) is 14.9 Å². The van der Waals surface area contributed by atoms with Crippen LogP contribution in [0.1, 0.15) is 39.0 Å². The van der Waals surface area contributed by atoms with Gasteiger partial charge < -0.3 is 20.1 Å². The maximum absolute atomic E-state index is 14.1. The normalized spacial score (nSPS) is 19.7. The minimum atomic E-state index is -0.553. The number of ether oxygens (including phenoxy) is 2. The number of halogens is 1. The number of hydrogen-bond donors (Lipinski definition) is 2. The minimum Gasteiger partial charge on any atom is -0.488 e. The van der Waals surface area contributed by atoms with Gasteiger partial charge in [0.05, 0.1) is 29.7 Å². The summed E-state index contributed by atoms with van der Waals surface area (Å²) in [7, 11) is 0. The SMILES string of the molecule is CC(C)Oc1cc(C(=N)c2cc(N3C[C@@H](C)O[C@@H](C)C3)ncn2)c(N)cc1F. The van der Waals surface area contributed by atoms with Crippen molar-refractivity contribution in [3.05, 3.63) is 41.6 Å². The largest absolute Gasteiger partial charge is 0.488 e. The van der Waals surface area contributed by atoms with E-state index < -0.39 is 5.82 Å². The van der Waals surface area contributed by atoms with E-state index in [1.54, 1.807) is 6.07 Å². The van der Waals surface area contributed by atoms with Gasteiger partial charge >= 0.3 is 0 Å². The quantitative estimate of drug-likeness (QED) is 0.605. The molecule has 2 atom stereocenters. The second-order valence-corrected chi connectivity index (χ2v) is 7.34. The lowest BCUT2D eigenvalue weighted by Crippen LogP contribution is -2.45. The predicted octanol–water partition coefficient (Wildman–Crippen LogP) is 3.01. The van der Waals surface area contributed by atoms with Crippen molar-refractivity contribution in [2.24, 2.45) is 0 Å². The molecule has 1 aromatic heterocycles. The maximum atomic E-state index is 14.1. The first-order valence-corrected chi connectivity index (χ1v) is 9.32. The third kappa shape index (κ3) is 4.39. The zero-order valence-corrected chi connectivity index (χ0v) is 16.6. The zero-order chi connectivity index (χ0) is 20.4. The first kappa shape index (κ1) is 20.0. The molecule has 7 nitrogen and oxygen atoms in total. The van der Waals surface area contributed by atoms with Crippen molar-refractivity contribution >= 4 is 17.2 Å². The lowest BCUT2D eigenvalue weighted by atomic mass is 10.0. The van der Waals surface area contributed by atoms with Gasteiger partial charge in [0.1, 0.15) is 12.1 Å². The van der Waals surface area contributed by atoms with Crippen molar-refractivity contribution in [1.29, 1.82) is 5.41 Å². The summed E-state index contributed by atoms with van der Waals surface area (Å²) in [4.78, 5) is 10.7. The van der Waals surface area contributed by atoms with Crippen LogP contribution in [0.2, 0.25) is 0 Å². The van der Waals surface area contributed by atoms with Crippen molar-refractivity contribution in [3.8, 4) is 5.75 Å². The first-order chi connectivity index (χ1) is 13.2. The Morgan fingerprint density at radius 2 is 1.93 bits per heavy atom. The molecule has 1 aliphatic heterocycles. The van der Waals surface area contributed by atoms with Gasteiger partial charge in [-0.3, -0.25) is 5.41 Å². The van der Waals surface area contributed by atoms with Gasteiger partial charge in [0, 0.05) is 36.5 Å². The number of nitrogen functional groups attached to an aromatic ring is 1. The molecule has 1 aromatic carbocycles. The van der Waals surface area contributed by atoms with E-state index in [0.717, 1.165) is 5.82 Å². The van der Waals surface area contributed by atoms with Crippen molar-refractivity contribution < 1.29 is 13.9 Å². The van der Waals surface area contributed by atoms with Gasteiger partial charge in [0.25, 0.3) is 0 Å². The molecule has 0 radical (unpaired) electrons. The molecule has 8 heteroatoms. The molecule has 0 amide bonds. The molecule has 0 saturated carbocycles. The van der Waals surface area contributed by atoms with Crippen LogP contribution in [0.4, 0.5) is 15.9 Å². The van der Waals surface area contributed by atoms with Crippen LogP contribution in [0.5, 0.6) is 5.75 Å². The molecule has 0 bridgehead atoms. The second-order valence-electron chi connectivity index (χ2n) is 7.34. The van der Waals surface area contributed by atoms with Crippen LogP contribution in [0.15, 0.2) is 24.5 Å². The van der Waals surface area contributed by atoms with E-state index in [-0.39, 0.29) is 35.5 Å². The molecule has 0 aliphatic carbocycles. The number of anilines is 2. The molecule has 3 N–H and O–H groups in total. The molecule has 2 aromatic rings. The lowest BCUT2D eigenvalue weighted by molar-refractivity contribution is -0.00546. The Morgan fingerprint density at radius 1 is 1.25 bits per heavy atom. The second kappa shape index (κ2) is 8.10. The van der Waals surface area contributed by atoms with Gasteiger partial charge in [-0.25, -0.2) is 14.4 Å². The number of nitrogens with two attached hydrogens (primary N) is 1. The zero-order valence-electron chi connectivity index (χ0n) is 16.6. The van der Waals surface area contributed by atoms with Crippen LogP contribution < -0.4 is 15.4 Å². The van der Waals surface area contributed by atoms with Crippen LogP contribution in [0.3, 0.4) is 0 Å². The Labute approximate surface area is 164 Å². The summed E-state index contributed by atoms with van der Waals surface area (Å²) in [5.74, 6) is 0.229. The van der Waals surface area contributed by atoms with E-state index in [1.807, 2.05) is 27.7 Å². The molecule has 1 aliphatic rings. The molecular weight excluding hydrogens is 361 g/mol. The van der Waals surface area contributed by atoms with Crippen LogP contribution in [0.25, 0.3) is 0 Å². The maximum Gasteiger partial charge on any atom is 0.167 e. The molecule has 1 saturated heterocycles. The highest BCUT2D eigenvalue weighted by atomic mass is 19.1. The first-order valence-electron chi connectivity index (χ1n) is 9.32. The predicted molar refractivity (Wildman–Crippen MR) is 107 cm³/mol. The third-order valence-corrected chi connectivity index (χ3v) is 4.39. The van der Waals surface area contributed by atoms with E-state index >= 15 is 0 Å². The number of nitrogens with zero attached hydrogens (tertiary/aromatic N) is 3. The van der Waals surface area contributed by atoms with Gasteiger partial charge in [0.2, 0.25) is 0 Å². The molecule has 2 heterocycles. The monoisotopic (exact) mass is 387 g/mol. The molecule has 1 fully saturated rings. The Balaban J connectivity index is 1.91. The molecule has 28 heavy (non-hydrogen) atoms. The van der Waals surface area contributed by atoms with Gasteiger partial charge in [-0.2, -0.15) is 0 Å². The van der Waals surface area contributed by atoms with E-state index in [4.69, 9.17) is 20.6 Å². The number of morpholine rings is 1. The standard InChI is InChI=1S/C20H26FN5O2/c1-11(2)27-18-5-14(16(22)6-15(18)21)20(23)17-7-19(25-10-24-17)26-8-12(3)28-13(4)9-26/h5-7,10-13,23H,8-9,22H2,1-4H3/t12-,13+. The Morgan fingerprint density at radius 3 is 2.57 bits per heavy atom. The van der Waals surface area contributed by atoms with Crippen LogP contribution >= 0.6 is 0 Å². The summed E-state index contributed by atoms with van der Waals surface area (Å²) < 4.78 is 25.4. The lowest BCUT2D eigenvalue weighted by Gasteiger charge is -2.36. The summed E-state index contributed by atoms with van der Waals surface area (Å²) in [6, 6.07) is 4.38. The van der Waals surface area contributed by atoms with Gasteiger partial charge in [-0.1, -0.05) is 0 Å². The highest BCUT2D eigenvalue weighted by molar-refractivity contribution is 6.13. The fourth-order valence-corrected chi connectivity index (χ4v) is 3.29. The average Bonchev–Trinajstić information content (AvgIpc) is 2.62. The average molecular weight is 387 g/mol. The van der Waals surface area contributed by atoms with Crippen molar-refractivity contribution in [2.75, 3.05) is 23.7 Å². The molecule has 3 rings (SSSR count). The number of nitrogens with one attached hydrogen (secondary N) is 1. The summed E-state index contributed by atoms with van der Waals surface area (Å²) in [5.41, 5.74) is 6.99. The fraction of sp³-hybridized carbons (Fsp3) is 0.450. The number of aromatic nitrogens is 2. The van der Waals surface area contributed by atoms with Gasteiger partial charge in [0.15, 0.2) is 11.6 Å². The Kier molecular flexibility index (Phi) is 5.79. The topological polar surface area (TPSA) is 97.3 Å². The van der Waals surface area contributed by atoms with Crippen LogP contribution in [0, 0.1) is 11.2 Å². The summed E-state index contributed by atoms with van der Waals surface area (Å²) >= 11 is 0. The number of rotatable bonds is 5. The third-order valence-electron chi connectivity index (χ3n) is 4.39. The van der Waals surface area contributed by atoms with Crippen molar-refractivity contribution in [1.82, 2.24) is 9.97 Å². The van der Waals surface area contributed by atoms with Gasteiger partial charge in [-0.05, 0) is 33.8 Å².